The lowest BCUT2D eigenvalue weighted by molar-refractivity contribution is 0.0956. The second-order valence-corrected chi connectivity index (χ2v) is 5.38. The highest BCUT2D eigenvalue weighted by molar-refractivity contribution is 5.96. The molecule has 0 spiro atoms. The molecule has 3 nitrogen and oxygen atoms in total. The van der Waals surface area contributed by atoms with E-state index in [-0.39, 0.29) is 24.0 Å². The summed E-state index contributed by atoms with van der Waals surface area (Å²) in [6, 6.07) is 18.6. The van der Waals surface area contributed by atoms with Gasteiger partial charge >= 0.3 is 0 Å². The van der Waals surface area contributed by atoms with Crippen LogP contribution in [0.2, 0.25) is 0 Å². The average molecular weight is 332 g/mol. The molecule has 2 aromatic rings. The summed E-state index contributed by atoms with van der Waals surface area (Å²) in [5.74, 6) is 0.281. The number of carbonyl (C=O) groups is 2. The number of rotatable bonds is 8. The Kier molecular flexibility index (Phi) is 8.23. The largest absolute Gasteiger partial charge is 0.305 e. The lowest BCUT2D eigenvalue weighted by atomic mass is 10.1. The number of carbonyl (C=O) groups excluding carboxylic acids is 2. The Morgan fingerprint density at radius 1 is 0.739 bits per heavy atom. The minimum absolute atomic E-state index is 0. The van der Waals surface area contributed by atoms with Crippen molar-refractivity contribution >= 4 is 24.0 Å². The van der Waals surface area contributed by atoms with Gasteiger partial charge in [-0.15, -0.1) is 12.4 Å². The van der Waals surface area contributed by atoms with E-state index in [1.165, 1.54) is 0 Å². The van der Waals surface area contributed by atoms with Gasteiger partial charge in [-0.2, -0.15) is 0 Å². The van der Waals surface area contributed by atoms with Crippen LogP contribution < -0.4 is 0 Å². The fraction of sp³-hybridized carbons (Fsp3) is 0.263. The van der Waals surface area contributed by atoms with Gasteiger partial charge in [0.15, 0.2) is 11.6 Å². The highest BCUT2D eigenvalue weighted by atomic mass is 35.5. The molecule has 2 aromatic carbocycles. The third-order valence-electron chi connectivity index (χ3n) is 3.63. The van der Waals surface area contributed by atoms with Crippen molar-refractivity contribution in [3.05, 3.63) is 71.8 Å². The lowest BCUT2D eigenvalue weighted by Crippen LogP contribution is -2.24. The van der Waals surface area contributed by atoms with Crippen LogP contribution in [0.1, 0.15) is 33.6 Å². The first-order valence-corrected chi connectivity index (χ1v) is 7.52. The van der Waals surface area contributed by atoms with Crippen molar-refractivity contribution in [3.8, 4) is 0 Å². The quantitative estimate of drug-likeness (QED) is 0.689. The molecule has 0 bridgehead atoms. The zero-order valence-electron chi connectivity index (χ0n) is 13.3. The second kappa shape index (κ2) is 9.93. The van der Waals surface area contributed by atoms with Crippen molar-refractivity contribution in [3.63, 3.8) is 0 Å². The Hall–Kier alpha value is -1.97. The molecule has 0 N–H and O–H groups in total. The minimum atomic E-state index is 0. The maximum Gasteiger partial charge on any atom is 0.164 e. The molecule has 0 aliphatic rings. The number of halogens is 1. The van der Waals surface area contributed by atoms with Crippen LogP contribution in [0.4, 0.5) is 0 Å². The Bertz CT molecular complexity index is 558. The molecule has 0 amide bonds. The molecule has 0 unspecified atom stereocenters. The molecule has 23 heavy (non-hydrogen) atoms. The van der Waals surface area contributed by atoms with Crippen LogP contribution in [0, 0.1) is 0 Å². The first kappa shape index (κ1) is 19.1. The number of benzene rings is 2. The summed E-state index contributed by atoms with van der Waals surface area (Å²) in [4.78, 5) is 26.1. The maximum absolute atomic E-state index is 12.0. The van der Waals surface area contributed by atoms with E-state index < -0.39 is 0 Å². The molecule has 0 fully saturated rings. The van der Waals surface area contributed by atoms with Gasteiger partial charge in [0, 0.05) is 37.1 Å². The zero-order chi connectivity index (χ0) is 15.8. The van der Waals surface area contributed by atoms with Gasteiger partial charge in [0.05, 0.1) is 0 Å². The molecule has 0 saturated carbocycles. The lowest BCUT2D eigenvalue weighted by Gasteiger charge is -2.15. The molecule has 0 heterocycles. The van der Waals surface area contributed by atoms with Crippen LogP contribution in [0.15, 0.2) is 60.7 Å². The van der Waals surface area contributed by atoms with Crippen LogP contribution in [0.5, 0.6) is 0 Å². The van der Waals surface area contributed by atoms with Gasteiger partial charge in [0.2, 0.25) is 0 Å². The molecule has 0 aliphatic heterocycles. The summed E-state index contributed by atoms with van der Waals surface area (Å²) in [5, 5.41) is 0. The van der Waals surface area contributed by atoms with E-state index in [9.17, 15) is 9.59 Å². The van der Waals surface area contributed by atoms with Crippen molar-refractivity contribution in [2.24, 2.45) is 0 Å². The fourth-order valence-electron chi connectivity index (χ4n) is 2.23. The Morgan fingerprint density at radius 2 is 1.09 bits per heavy atom. The fourth-order valence-corrected chi connectivity index (χ4v) is 2.23. The van der Waals surface area contributed by atoms with Gasteiger partial charge in [0.1, 0.15) is 0 Å². The average Bonchev–Trinajstić information content (AvgIpc) is 2.59. The third kappa shape index (κ3) is 6.35. The van der Waals surface area contributed by atoms with Gasteiger partial charge in [-0.25, -0.2) is 0 Å². The second-order valence-electron chi connectivity index (χ2n) is 5.38. The monoisotopic (exact) mass is 331 g/mol. The van der Waals surface area contributed by atoms with E-state index in [1.807, 2.05) is 72.6 Å². The number of ketones is 2. The van der Waals surface area contributed by atoms with Crippen molar-refractivity contribution in [1.82, 2.24) is 4.90 Å². The molecule has 0 radical (unpaired) electrons. The normalized spacial score (nSPS) is 10.2. The van der Waals surface area contributed by atoms with Gasteiger partial charge in [-0.05, 0) is 7.05 Å². The Balaban J connectivity index is 0.00000264. The van der Waals surface area contributed by atoms with E-state index in [1.54, 1.807) is 0 Å². The SMILES string of the molecule is CN(CCC(=O)c1ccccc1)CCC(=O)c1ccccc1.Cl. The molecular weight excluding hydrogens is 310 g/mol. The van der Waals surface area contributed by atoms with Crippen molar-refractivity contribution in [1.29, 1.82) is 0 Å². The van der Waals surface area contributed by atoms with Gasteiger partial charge in [-0.3, -0.25) is 9.59 Å². The van der Waals surface area contributed by atoms with Crippen LogP contribution in [-0.4, -0.2) is 36.6 Å². The van der Waals surface area contributed by atoms with Crippen molar-refractivity contribution in [2.45, 2.75) is 12.8 Å². The smallest absolute Gasteiger partial charge is 0.164 e. The predicted octanol–water partition coefficient (Wildman–Crippen LogP) is 3.89. The first-order valence-electron chi connectivity index (χ1n) is 7.52. The van der Waals surface area contributed by atoms with Gasteiger partial charge in [-0.1, -0.05) is 60.7 Å². The third-order valence-corrected chi connectivity index (χ3v) is 3.63. The number of Topliss-reactive ketones (excluding diaryl/α,β-unsaturated/α-hetero) is 2. The predicted molar refractivity (Wildman–Crippen MR) is 95.5 cm³/mol. The van der Waals surface area contributed by atoms with Crippen LogP contribution in [0.3, 0.4) is 0 Å². The number of hydrogen-bond acceptors (Lipinski definition) is 3. The van der Waals surface area contributed by atoms with Gasteiger partial charge < -0.3 is 4.90 Å². The highest BCUT2D eigenvalue weighted by Gasteiger charge is 2.09. The summed E-state index contributed by atoms with van der Waals surface area (Å²) in [7, 11) is 1.94. The topological polar surface area (TPSA) is 37.4 Å². The van der Waals surface area contributed by atoms with Crippen molar-refractivity contribution < 1.29 is 9.59 Å². The molecule has 122 valence electrons. The van der Waals surface area contributed by atoms with Crippen LogP contribution in [-0.2, 0) is 0 Å². The van der Waals surface area contributed by atoms with E-state index in [0.29, 0.717) is 25.9 Å². The summed E-state index contributed by atoms with van der Waals surface area (Å²) < 4.78 is 0. The Morgan fingerprint density at radius 3 is 1.43 bits per heavy atom. The van der Waals surface area contributed by atoms with Crippen LogP contribution >= 0.6 is 12.4 Å². The van der Waals surface area contributed by atoms with Gasteiger partial charge in [0.25, 0.3) is 0 Å². The molecular formula is C19H22ClNO2. The molecule has 4 heteroatoms. The molecule has 2 rings (SSSR count). The standard InChI is InChI=1S/C19H21NO2.ClH/c1-20(14-12-18(21)16-8-4-2-5-9-16)15-13-19(22)17-10-6-3-7-11-17;/h2-11H,12-15H2,1H3;1H. The van der Waals surface area contributed by atoms with E-state index in [0.717, 1.165) is 11.1 Å². The van der Waals surface area contributed by atoms with E-state index in [2.05, 4.69) is 0 Å². The summed E-state index contributed by atoms with van der Waals surface area (Å²) in [6.07, 6.45) is 0.945. The number of nitrogens with zero attached hydrogens (tertiary/aromatic N) is 1. The van der Waals surface area contributed by atoms with Crippen molar-refractivity contribution in [2.75, 3.05) is 20.1 Å². The summed E-state index contributed by atoms with van der Waals surface area (Å²) in [6.45, 7) is 1.32. The minimum Gasteiger partial charge on any atom is -0.305 e. The highest BCUT2D eigenvalue weighted by Crippen LogP contribution is 2.06. The summed E-state index contributed by atoms with van der Waals surface area (Å²) >= 11 is 0. The van der Waals surface area contributed by atoms with Crippen LogP contribution in [0.25, 0.3) is 0 Å². The molecule has 0 aliphatic carbocycles. The maximum atomic E-state index is 12.0. The Labute approximate surface area is 143 Å². The molecule has 0 aromatic heterocycles. The first-order chi connectivity index (χ1) is 10.7. The number of hydrogen-bond donors (Lipinski definition) is 0. The van der Waals surface area contributed by atoms with E-state index in [4.69, 9.17) is 0 Å². The molecule has 0 atom stereocenters. The van der Waals surface area contributed by atoms with E-state index >= 15 is 0 Å². The molecule has 0 saturated heterocycles. The zero-order valence-corrected chi connectivity index (χ0v) is 14.1. The summed E-state index contributed by atoms with van der Waals surface area (Å²) in [5.41, 5.74) is 1.49.